The van der Waals surface area contributed by atoms with E-state index >= 15 is 0 Å². The molecule has 0 aromatic carbocycles. The van der Waals surface area contributed by atoms with Gasteiger partial charge in [-0.15, -0.1) is 0 Å². The number of allylic oxidation sites excluding steroid dienone is 11. The van der Waals surface area contributed by atoms with Crippen molar-refractivity contribution in [3.63, 3.8) is 0 Å². The van der Waals surface area contributed by atoms with Crippen molar-refractivity contribution in [2.45, 2.75) is 40.5 Å². The Kier molecular flexibility index (Phi) is 9.67. The van der Waals surface area contributed by atoms with Gasteiger partial charge in [-0.25, -0.2) is 0 Å². The minimum atomic E-state index is 1.07. The molecule has 0 saturated carbocycles. The van der Waals surface area contributed by atoms with Gasteiger partial charge in [0.1, 0.15) is 0 Å². The van der Waals surface area contributed by atoms with Crippen LogP contribution in [0.2, 0.25) is 0 Å². The maximum absolute atomic E-state index is 4.09. The molecule has 0 fully saturated rings. The van der Waals surface area contributed by atoms with Gasteiger partial charge in [0, 0.05) is 0 Å². The van der Waals surface area contributed by atoms with Gasteiger partial charge in [-0.2, -0.15) is 0 Å². The Labute approximate surface area is 113 Å². The minimum absolute atomic E-state index is 1.07. The summed E-state index contributed by atoms with van der Waals surface area (Å²) in [4.78, 5) is 0. The second kappa shape index (κ2) is 10.6. The largest absolute Gasteiger partial charge is 0.0915 e. The first-order chi connectivity index (χ1) is 8.65. The zero-order chi connectivity index (χ0) is 13.8. The summed E-state index contributed by atoms with van der Waals surface area (Å²) in [6.45, 7) is 12.5. The highest BCUT2D eigenvalue weighted by Crippen LogP contribution is 2.12. The lowest BCUT2D eigenvalue weighted by Gasteiger charge is -2.00. The van der Waals surface area contributed by atoms with Crippen molar-refractivity contribution in [3.8, 4) is 0 Å². The summed E-state index contributed by atoms with van der Waals surface area (Å²) >= 11 is 0. The van der Waals surface area contributed by atoms with E-state index in [0.29, 0.717) is 0 Å². The fraction of sp³-hybridized carbons (Fsp3) is 0.333. The molecule has 0 heteroatoms. The highest BCUT2D eigenvalue weighted by molar-refractivity contribution is 5.40. The van der Waals surface area contributed by atoms with Crippen LogP contribution in [-0.4, -0.2) is 0 Å². The van der Waals surface area contributed by atoms with E-state index in [1.165, 1.54) is 11.1 Å². The van der Waals surface area contributed by atoms with Crippen LogP contribution < -0.4 is 0 Å². The number of rotatable bonds is 7. The monoisotopic (exact) mass is 242 g/mol. The highest BCUT2D eigenvalue weighted by atomic mass is 14.0. The predicted molar refractivity (Wildman–Crippen MR) is 84.7 cm³/mol. The lowest BCUT2D eigenvalue weighted by molar-refractivity contribution is 1.10. The topological polar surface area (TPSA) is 0 Å². The molecule has 0 N–H and O–H groups in total. The maximum Gasteiger partial charge on any atom is -0.0299 e. The van der Waals surface area contributed by atoms with Crippen LogP contribution in [0.3, 0.4) is 0 Å². The fourth-order valence-corrected chi connectivity index (χ4v) is 1.41. The molecule has 0 aliphatic rings. The molecule has 0 aromatic rings. The molecule has 0 rings (SSSR count). The molecule has 0 nitrogen and oxygen atoms in total. The van der Waals surface area contributed by atoms with Gasteiger partial charge < -0.3 is 0 Å². The molecule has 98 valence electrons. The van der Waals surface area contributed by atoms with E-state index in [-0.39, 0.29) is 0 Å². The van der Waals surface area contributed by atoms with E-state index < -0.39 is 0 Å². The van der Waals surface area contributed by atoms with Gasteiger partial charge in [-0.1, -0.05) is 74.6 Å². The van der Waals surface area contributed by atoms with E-state index in [1.54, 1.807) is 0 Å². The van der Waals surface area contributed by atoms with Crippen molar-refractivity contribution in [1.29, 1.82) is 0 Å². The van der Waals surface area contributed by atoms with Crippen molar-refractivity contribution in [2.75, 3.05) is 0 Å². The molecule has 0 aromatic heterocycles. The first-order valence-electron chi connectivity index (χ1n) is 6.68. The number of hydrogen-bond acceptors (Lipinski definition) is 0. The van der Waals surface area contributed by atoms with Crippen LogP contribution in [0.25, 0.3) is 0 Å². The van der Waals surface area contributed by atoms with E-state index in [9.17, 15) is 0 Å². The maximum atomic E-state index is 4.09. The van der Waals surface area contributed by atoms with Gasteiger partial charge in [0.15, 0.2) is 0 Å². The molecule has 0 aliphatic heterocycles. The molecule has 0 atom stereocenters. The smallest absolute Gasteiger partial charge is 0.0299 e. The van der Waals surface area contributed by atoms with Crippen LogP contribution in [0.4, 0.5) is 0 Å². The Morgan fingerprint density at radius 3 is 2.33 bits per heavy atom. The summed E-state index contributed by atoms with van der Waals surface area (Å²) in [5, 5.41) is 0. The van der Waals surface area contributed by atoms with Crippen molar-refractivity contribution >= 4 is 0 Å². The lowest BCUT2D eigenvalue weighted by atomic mass is 10.1. The van der Waals surface area contributed by atoms with Crippen molar-refractivity contribution < 1.29 is 0 Å². The zero-order valence-corrected chi connectivity index (χ0v) is 12.2. The minimum Gasteiger partial charge on any atom is -0.0915 e. The SMILES string of the molecule is C=C(/C=C\C(=C/CC)CC)/C(C)=C/C=C\C=C/C. The Morgan fingerprint density at radius 2 is 1.78 bits per heavy atom. The third kappa shape index (κ3) is 7.67. The Balaban J connectivity index is 4.57. The van der Waals surface area contributed by atoms with Crippen LogP contribution >= 0.6 is 0 Å². The summed E-state index contributed by atoms with van der Waals surface area (Å²) in [5.74, 6) is 0. The summed E-state index contributed by atoms with van der Waals surface area (Å²) in [5.41, 5.74) is 3.63. The molecule has 0 aliphatic carbocycles. The average molecular weight is 242 g/mol. The molecule has 0 heterocycles. The lowest BCUT2D eigenvalue weighted by Crippen LogP contribution is -1.80. The highest BCUT2D eigenvalue weighted by Gasteiger charge is 1.91. The van der Waals surface area contributed by atoms with E-state index in [1.807, 2.05) is 31.2 Å². The van der Waals surface area contributed by atoms with Gasteiger partial charge >= 0.3 is 0 Å². The summed E-state index contributed by atoms with van der Waals surface area (Å²) in [6.07, 6.45) is 18.9. The molecule has 0 radical (unpaired) electrons. The normalized spacial score (nSPS) is 14.2. The van der Waals surface area contributed by atoms with E-state index in [0.717, 1.165) is 18.4 Å². The van der Waals surface area contributed by atoms with Crippen molar-refractivity contribution in [1.82, 2.24) is 0 Å². The standard InChI is InChI=1S/C18H26/c1-6-9-10-11-13-16(4)17(5)14-15-18(8-3)12-7-2/h6,9-15H,5,7-8H2,1-4H3/b9-6-,11-10-,15-14-,16-13+,18-12-. The summed E-state index contributed by atoms with van der Waals surface area (Å²) < 4.78 is 0. The summed E-state index contributed by atoms with van der Waals surface area (Å²) in [6, 6.07) is 0. The van der Waals surface area contributed by atoms with E-state index in [4.69, 9.17) is 0 Å². The fourth-order valence-electron chi connectivity index (χ4n) is 1.41. The van der Waals surface area contributed by atoms with Crippen LogP contribution in [0.1, 0.15) is 40.5 Å². The number of hydrogen-bond donors (Lipinski definition) is 0. The molecule has 0 spiro atoms. The average Bonchev–Trinajstić information content (AvgIpc) is 2.38. The Bertz CT molecular complexity index is 384. The van der Waals surface area contributed by atoms with E-state index in [2.05, 4.69) is 51.7 Å². The Hall–Kier alpha value is -1.56. The quantitative estimate of drug-likeness (QED) is 0.486. The molecule has 18 heavy (non-hydrogen) atoms. The van der Waals surface area contributed by atoms with Gasteiger partial charge in [0.05, 0.1) is 0 Å². The van der Waals surface area contributed by atoms with Gasteiger partial charge in [-0.3, -0.25) is 0 Å². The molecule has 0 unspecified atom stereocenters. The van der Waals surface area contributed by atoms with Crippen LogP contribution in [-0.2, 0) is 0 Å². The third-order valence-corrected chi connectivity index (χ3v) is 2.64. The second-order valence-corrected chi connectivity index (χ2v) is 4.16. The summed E-state index contributed by atoms with van der Waals surface area (Å²) in [7, 11) is 0. The van der Waals surface area contributed by atoms with Gasteiger partial charge in [0.2, 0.25) is 0 Å². The third-order valence-electron chi connectivity index (χ3n) is 2.64. The predicted octanol–water partition coefficient (Wildman–Crippen LogP) is 5.92. The zero-order valence-electron chi connectivity index (χ0n) is 12.2. The molecule has 0 saturated heterocycles. The second-order valence-electron chi connectivity index (χ2n) is 4.16. The van der Waals surface area contributed by atoms with Gasteiger partial charge in [-0.05, 0) is 37.8 Å². The first kappa shape index (κ1) is 16.4. The van der Waals surface area contributed by atoms with Crippen molar-refractivity contribution in [3.05, 3.63) is 71.9 Å². The van der Waals surface area contributed by atoms with Crippen molar-refractivity contribution in [2.24, 2.45) is 0 Å². The Morgan fingerprint density at radius 1 is 1.06 bits per heavy atom. The van der Waals surface area contributed by atoms with Crippen LogP contribution in [0.5, 0.6) is 0 Å². The van der Waals surface area contributed by atoms with Gasteiger partial charge in [0.25, 0.3) is 0 Å². The molecule has 0 amide bonds. The van der Waals surface area contributed by atoms with Crippen LogP contribution in [0, 0.1) is 0 Å². The molecule has 0 bridgehead atoms. The molecular formula is C18H26. The molecular weight excluding hydrogens is 216 g/mol. The first-order valence-corrected chi connectivity index (χ1v) is 6.68. The van der Waals surface area contributed by atoms with Crippen LogP contribution in [0.15, 0.2) is 71.9 Å².